The number of carbonyl (C=O) groups is 1. The Hall–Kier alpha value is -0.610. The van der Waals surface area contributed by atoms with Gasteiger partial charge in [-0.3, -0.25) is 4.79 Å². The molecule has 0 aliphatic carbocycles. The van der Waals surface area contributed by atoms with E-state index in [-0.39, 0.29) is 21.0 Å². The van der Waals surface area contributed by atoms with Crippen molar-refractivity contribution in [2.45, 2.75) is 19.8 Å². The molecule has 1 heterocycles. The number of piperidine rings is 1. The molecule has 0 unspecified atom stereocenters. The number of carbonyl (C=O) groups excluding carboxylic acids is 1. The van der Waals surface area contributed by atoms with E-state index >= 15 is 0 Å². The van der Waals surface area contributed by atoms with Gasteiger partial charge in [0.25, 0.3) is 5.91 Å². The van der Waals surface area contributed by atoms with Crippen molar-refractivity contribution in [2.75, 3.05) is 13.1 Å². The molecule has 1 aliphatic heterocycles. The van der Waals surface area contributed by atoms with Crippen molar-refractivity contribution in [1.29, 1.82) is 0 Å². The molecular formula is C13H14BrClFNO. The number of hydrogen-bond donors (Lipinski definition) is 0. The first kappa shape index (κ1) is 13.8. The van der Waals surface area contributed by atoms with Gasteiger partial charge >= 0.3 is 0 Å². The van der Waals surface area contributed by atoms with Crippen LogP contribution in [0, 0.1) is 11.7 Å². The number of likely N-dealkylation sites (tertiary alicyclic amines) is 1. The summed E-state index contributed by atoms with van der Waals surface area (Å²) in [6.07, 6.45) is 1.98. The molecule has 0 radical (unpaired) electrons. The fraction of sp³-hybridized carbons (Fsp3) is 0.462. The third-order valence-electron chi connectivity index (χ3n) is 3.31. The molecule has 0 saturated carbocycles. The van der Waals surface area contributed by atoms with Crippen molar-refractivity contribution < 1.29 is 9.18 Å². The van der Waals surface area contributed by atoms with E-state index in [1.54, 1.807) is 4.90 Å². The molecule has 1 aliphatic rings. The molecule has 0 atom stereocenters. The minimum atomic E-state index is -0.465. The molecule has 1 fully saturated rings. The number of nitrogens with zero attached hydrogens (tertiary/aromatic N) is 1. The smallest absolute Gasteiger partial charge is 0.255 e. The van der Waals surface area contributed by atoms with Crippen molar-refractivity contribution in [3.8, 4) is 0 Å². The Morgan fingerprint density at radius 2 is 2.06 bits per heavy atom. The average molecular weight is 335 g/mol. The average Bonchev–Trinajstić information content (AvgIpc) is 2.34. The molecule has 0 spiro atoms. The van der Waals surface area contributed by atoms with E-state index in [1.807, 2.05) is 0 Å². The Kier molecular flexibility index (Phi) is 4.28. The highest BCUT2D eigenvalue weighted by molar-refractivity contribution is 9.10. The second kappa shape index (κ2) is 5.57. The first-order valence-electron chi connectivity index (χ1n) is 5.93. The van der Waals surface area contributed by atoms with E-state index in [0.29, 0.717) is 19.0 Å². The summed E-state index contributed by atoms with van der Waals surface area (Å²) in [6.45, 7) is 3.61. The zero-order valence-electron chi connectivity index (χ0n) is 10.0. The first-order valence-corrected chi connectivity index (χ1v) is 7.10. The summed E-state index contributed by atoms with van der Waals surface area (Å²) in [5.74, 6) is -0.00222. The standard InChI is InChI=1S/C13H14BrClFNO/c1-8-2-4-17(5-3-8)13(18)9-6-12(16)10(14)7-11(9)15/h6-8H,2-5H2,1H3. The maximum absolute atomic E-state index is 13.5. The van der Waals surface area contributed by atoms with Crippen LogP contribution in [0.1, 0.15) is 30.1 Å². The number of benzene rings is 1. The highest BCUT2D eigenvalue weighted by Gasteiger charge is 2.23. The van der Waals surface area contributed by atoms with Gasteiger partial charge in [-0.25, -0.2) is 4.39 Å². The molecule has 1 aromatic rings. The summed E-state index contributed by atoms with van der Waals surface area (Å²) in [5, 5.41) is 0.284. The van der Waals surface area contributed by atoms with Gasteiger partial charge in [-0.2, -0.15) is 0 Å². The summed E-state index contributed by atoms with van der Waals surface area (Å²) >= 11 is 9.05. The summed E-state index contributed by atoms with van der Waals surface area (Å²) in [6, 6.07) is 2.63. The van der Waals surface area contributed by atoms with E-state index in [1.165, 1.54) is 12.1 Å². The minimum Gasteiger partial charge on any atom is -0.339 e. The summed E-state index contributed by atoms with van der Waals surface area (Å²) in [5.41, 5.74) is 0.243. The van der Waals surface area contributed by atoms with Gasteiger partial charge in [-0.05, 0) is 46.8 Å². The van der Waals surface area contributed by atoms with E-state index in [4.69, 9.17) is 11.6 Å². The predicted molar refractivity (Wildman–Crippen MR) is 73.4 cm³/mol. The van der Waals surface area contributed by atoms with Crippen LogP contribution in [0.4, 0.5) is 4.39 Å². The third kappa shape index (κ3) is 2.86. The molecule has 2 rings (SSSR count). The lowest BCUT2D eigenvalue weighted by atomic mass is 9.98. The monoisotopic (exact) mass is 333 g/mol. The molecule has 0 aromatic heterocycles. The number of halogens is 3. The molecule has 98 valence electrons. The van der Waals surface area contributed by atoms with E-state index in [2.05, 4.69) is 22.9 Å². The van der Waals surface area contributed by atoms with Gasteiger partial charge in [0.1, 0.15) is 5.82 Å². The number of amides is 1. The van der Waals surface area contributed by atoms with Crippen LogP contribution in [0.3, 0.4) is 0 Å². The molecule has 5 heteroatoms. The topological polar surface area (TPSA) is 20.3 Å². The molecule has 2 nitrogen and oxygen atoms in total. The van der Waals surface area contributed by atoms with Crippen LogP contribution in [-0.2, 0) is 0 Å². The van der Waals surface area contributed by atoms with Crippen molar-refractivity contribution in [3.63, 3.8) is 0 Å². The SMILES string of the molecule is CC1CCN(C(=O)c2cc(F)c(Br)cc2Cl)CC1. The van der Waals surface area contributed by atoms with Crippen LogP contribution in [0.5, 0.6) is 0 Å². The van der Waals surface area contributed by atoms with Gasteiger partial charge in [0.15, 0.2) is 0 Å². The first-order chi connectivity index (χ1) is 8.49. The van der Waals surface area contributed by atoms with Crippen LogP contribution >= 0.6 is 27.5 Å². The number of rotatable bonds is 1. The predicted octanol–water partition coefficient (Wildman–Crippen LogP) is 4.11. The summed E-state index contributed by atoms with van der Waals surface area (Å²) in [7, 11) is 0. The Balaban J connectivity index is 2.21. The molecule has 1 saturated heterocycles. The fourth-order valence-corrected chi connectivity index (χ4v) is 2.79. The lowest BCUT2D eigenvalue weighted by Gasteiger charge is -2.30. The van der Waals surface area contributed by atoms with Gasteiger partial charge in [0, 0.05) is 13.1 Å². The second-order valence-corrected chi connectivity index (χ2v) is 5.98. The zero-order valence-corrected chi connectivity index (χ0v) is 12.4. The Bertz CT molecular complexity index is 472. The fourth-order valence-electron chi connectivity index (χ4n) is 2.07. The van der Waals surface area contributed by atoms with Crippen LogP contribution in [0.25, 0.3) is 0 Å². The Labute approximate surface area is 119 Å². The molecule has 0 N–H and O–H groups in total. The van der Waals surface area contributed by atoms with E-state index in [0.717, 1.165) is 12.8 Å². The van der Waals surface area contributed by atoms with Crippen LogP contribution in [0.2, 0.25) is 5.02 Å². The highest BCUT2D eigenvalue weighted by atomic mass is 79.9. The quantitative estimate of drug-likeness (QED) is 0.708. The number of hydrogen-bond acceptors (Lipinski definition) is 1. The highest BCUT2D eigenvalue weighted by Crippen LogP contribution is 2.27. The van der Waals surface area contributed by atoms with Crippen molar-refractivity contribution in [1.82, 2.24) is 4.90 Å². The summed E-state index contributed by atoms with van der Waals surface area (Å²) < 4.78 is 13.7. The zero-order chi connectivity index (χ0) is 13.3. The van der Waals surface area contributed by atoms with Gasteiger partial charge in [0.05, 0.1) is 15.1 Å². The maximum Gasteiger partial charge on any atom is 0.255 e. The largest absolute Gasteiger partial charge is 0.339 e. The summed E-state index contributed by atoms with van der Waals surface area (Å²) in [4.78, 5) is 14.0. The molecule has 1 aromatic carbocycles. The maximum atomic E-state index is 13.5. The molecule has 18 heavy (non-hydrogen) atoms. The molecule has 1 amide bonds. The Morgan fingerprint density at radius 1 is 1.44 bits per heavy atom. The van der Waals surface area contributed by atoms with Crippen molar-refractivity contribution >= 4 is 33.4 Å². The van der Waals surface area contributed by atoms with E-state index in [9.17, 15) is 9.18 Å². The van der Waals surface area contributed by atoms with Crippen molar-refractivity contribution in [2.24, 2.45) is 5.92 Å². The minimum absolute atomic E-state index is 0.182. The van der Waals surface area contributed by atoms with Crippen LogP contribution < -0.4 is 0 Å². The Morgan fingerprint density at radius 3 is 2.67 bits per heavy atom. The van der Waals surface area contributed by atoms with Gasteiger partial charge in [-0.1, -0.05) is 18.5 Å². The lowest BCUT2D eigenvalue weighted by Crippen LogP contribution is -2.38. The lowest BCUT2D eigenvalue weighted by molar-refractivity contribution is 0.0697. The van der Waals surface area contributed by atoms with Gasteiger partial charge < -0.3 is 4.90 Å². The third-order valence-corrected chi connectivity index (χ3v) is 4.23. The second-order valence-electron chi connectivity index (χ2n) is 4.72. The van der Waals surface area contributed by atoms with Crippen LogP contribution in [0.15, 0.2) is 16.6 Å². The van der Waals surface area contributed by atoms with Gasteiger partial charge in [0.2, 0.25) is 0 Å². The molecule has 0 bridgehead atoms. The van der Waals surface area contributed by atoms with Gasteiger partial charge in [-0.15, -0.1) is 0 Å². The van der Waals surface area contributed by atoms with Crippen LogP contribution in [-0.4, -0.2) is 23.9 Å². The molecular weight excluding hydrogens is 321 g/mol. The van der Waals surface area contributed by atoms with E-state index < -0.39 is 5.82 Å². The normalized spacial score (nSPS) is 17.0. The van der Waals surface area contributed by atoms with Crippen molar-refractivity contribution in [3.05, 3.63) is 33.0 Å².